The molecule has 27 heavy (non-hydrogen) atoms. The first-order valence-electron chi connectivity index (χ1n) is 8.91. The minimum atomic E-state index is -0.0843. The van der Waals surface area contributed by atoms with Gasteiger partial charge in [-0.3, -0.25) is 9.20 Å². The minimum absolute atomic E-state index is 0.0843. The van der Waals surface area contributed by atoms with Crippen LogP contribution >= 0.6 is 0 Å². The molecule has 1 amide bonds. The van der Waals surface area contributed by atoms with Crippen molar-refractivity contribution in [2.24, 2.45) is 0 Å². The maximum absolute atomic E-state index is 12.7. The molecule has 7 nitrogen and oxygen atoms in total. The van der Waals surface area contributed by atoms with Gasteiger partial charge in [-0.15, -0.1) is 10.2 Å². The highest BCUT2D eigenvalue weighted by Gasteiger charge is 2.12. The van der Waals surface area contributed by atoms with E-state index in [0.29, 0.717) is 25.1 Å². The van der Waals surface area contributed by atoms with Crippen LogP contribution in [-0.4, -0.2) is 45.3 Å². The zero-order valence-electron chi connectivity index (χ0n) is 15.1. The SMILES string of the molecule is COCCn1ccc2c(C(=O)NCCc3nnc4ccccn34)cccc21. The number of pyridine rings is 1. The lowest BCUT2D eigenvalue weighted by Crippen LogP contribution is -2.26. The molecule has 0 saturated heterocycles. The summed E-state index contributed by atoms with van der Waals surface area (Å²) in [6, 6.07) is 13.5. The van der Waals surface area contributed by atoms with Gasteiger partial charge in [-0.25, -0.2) is 0 Å². The average Bonchev–Trinajstić information content (AvgIpc) is 3.30. The van der Waals surface area contributed by atoms with Crippen LogP contribution in [0, 0.1) is 0 Å². The zero-order chi connectivity index (χ0) is 18.6. The zero-order valence-corrected chi connectivity index (χ0v) is 15.1. The van der Waals surface area contributed by atoms with Crippen molar-refractivity contribution in [3.05, 3.63) is 66.2 Å². The normalized spacial score (nSPS) is 11.3. The van der Waals surface area contributed by atoms with Gasteiger partial charge in [0.25, 0.3) is 5.91 Å². The van der Waals surface area contributed by atoms with E-state index in [0.717, 1.165) is 28.9 Å². The quantitative estimate of drug-likeness (QED) is 0.547. The number of carbonyl (C=O) groups excluding carboxylic acids is 1. The van der Waals surface area contributed by atoms with Crippen LogP contribution in [0.2, 0.25) is 0 Å². The van der Waals surface area contributed by atoms with E-state index < -0.39 is 0 Å². The summed E-state index contributed by atoms with van der Waals surface area (Å²) >= 11 is 0. The molecule has 0 aliphatic carbocycles. The van der Waals surface area contributed by atoms with E-state index in [4.69, 9.17) is 4.74 Å². The Kier molecular flexibility index (Phi) is 4.84. The summed E-state index contributed by atoms with van der Waals surface area (Å²) < 4.78 is 9.18. The molecule has 0 radical (unpaired) electrons. The monoisotopic (exact) mass is 363 g/mol. The number of nitrogens with zero attached hydrogens (tertiary/aromatic N) is 4. The third-order valence-corrected chi connectivity index (χ3v) is 4.61. The van der Waals surface area contributed by atoms with E-state index in [2.05, 4.69) is 20.1 Å². The van der Waals surface area contributed by atoms with Crippen molar-refractivity contribution >= 4 is 22.5 Å². The second-order valence-corrected chi connectivity index (χ2v) is 6.29. The molecular formula is C20H21N5O2. The second-order valence-electron chi connectivity index (χ2n) is 6.29. The highest BCUT2D eigenvalue weighted by Crippen LogP contribution is 2.20. The minimum Gasteiger partial charge on any atom is -0.383 e. The lowest BCUT2D eigenvalue weighted by atomic mass is 10.1. The van der Waals surface area contributed by atoms with Crippen LogP contribution in [0.3, 0.4) is 0 Å². The fraction of sp³-hybridized carbons (Fsp3) is 0.250. The smallest absolute Gasteiger partial charge is 0.251 e. The van der Waals surface area contributed by atoms with Crippen LogP contribution in [0.4, 0.5) is 0 Å². The lowest BCUT2D eigenvalue weighted by molar-refractivity contribution is 0.0955. The highest BCUT2D eigenvalue weighted by atomic mass is 16.5. The Labute approximate surface area is 156 Å². The number of aromatic nitrogens is 4. The number of fused-ring (bicyclic) bond motifs is 2. The summed E-state index contributed by atoms with van der Waals surface area (Å²) in [7, 11) is 1.68. The van der Waals surface area contributed by atoms with Gasteiger partial charge < -0.3 is 14.6 Å². The Morgan fingerprint density at radius 3 is 2.93 bits per heavy atom. The number of hydrogen-bond acceptors (Lipinski definition) is 4. The Bertz CT molecular complexity index is 1080. The Hall–Kier alpha value is -3.19. The van der Waals surface area contributed by atoms with Crippen molar-refractivity contribution in [1.29, 1.82) is 0 Å². The largest absolute Gasteiger partial charge is 0.383 e. The number of benzene rings is 1. The number of methoxy groups -OCH3 is 1. The maximum Gasteiger partial charge on any atom is 0.251 e. The van der Waals surface area contributed by atoms with Crippen LogP contribution in [-0.2, 0) is 17.7 Å². The second kappa shape index (κ2) is 7.59. The Morgan fingerprint density at radius 1 is 1.11 bits per heavy atom. The van der Waals surface area contributed by atoms with E-state index in [1.54, 1.807) is 7.11 Å². The van der Waals surface area contributed by atoms with Crippen LogP contribution in [0.15, 0.2) is 54.9 Å². The molecule has 3 aromatic heterocycles. The average molecular weight is 363 g/mol. The molecule has 0 unspecified atom stereocenters. The molecule has 4 aromatic rings. The first-order chi connectivity index (χ1) is 13.3. The Morgan fingerprint density at radius 2 is 2.04 bits per heavy atom. The molecule has 4 rings (SSSR count). The molecule has 138 valence electrons. The number of amides is 1. The van der Waals surface area contributed by atoms with E-state index in [-0.39, 0.29) is 5.91 Å². The van der Waals surface area contributed by atoms with Crippen molar-refractivity contribution in [2.45, 2.75) is 13.0 Å². The first-order valence-corrected chi connectivity index (χ1v) is 8.91. The van der Waals surface area contributed by atoms with Gasteiger partial charge in [0.05, 0.1) is 6.61 Å². The molecule has 3 heterocycles. The van der Waals surface area contributed by atoms with Crippen molar-refractivity contribution < 1.29 is 9.53 Å². The maximum atomic E-state index is 12.7. The van der Waals surface area contributed by atoms with Crippen molar-refractivity contribution in [3.8, 4) is 0 Å². The van der Waals surface area contributed by atoms with Crippen molar-refractivity contribution in [2.75, 3.05) is 20.3 Å². The molecule has 1 N–H and O–H groups in total. The van der Waals surface area contributed by atoms with Gasteiger partial charge in [-0.1, -0.05) is 12.1 Å². The number of ether oxygens (including phenoxy) is 1. The van der Waals surface area contributed by atoms with Gasteiger partial charge in [-0.2, -0.15) is 0 Å². The van der Waals surface area contributed by atoms with Crippen molar-refractivity contribution in [1.82, 2.24) is 24.5 Å². The van der Waals surface area contributed by atoms with Gasteiger partial charge in [0.2, 0.25) is 0 Å². The lowest BCUT2D eigenvalue weighted by Gasteiger charge is -2.08. The van der Waals surface area contributed by atoms with Crippen LogP contribution in [0.25, 0.3) is 16.6 Å². The molecule has 0 atom stereocenters. The molecule has 0 bridgehead atoms. The molecular weight excluding hydrogens is 342 g/mol. The molecule has 0 spiro atoms. The summed E-state index contributed by atoms with van der Waals surface area (Å²) in [5.41, 5.74) is 2.51. The van der Waals surface area contributed by atoms with E-state index in [1.807, 2.05) is 59.3 Å². The number of rotatable bonds is 7. The Balaban J connectivity index is 1.46. The van der Waals surface area contributed by atoms with Gasteiger partial charge in [0, 0.05) is 55.5 Å². The van der Waals surface area contributed by atoms with E-state index in [1.165, 1.54) is 0 Å². The summed E-state index contributed by atoms with van der Waals surface area (Å²) in [5, 5.41) is 12.3. The topological polar surface area (TPSA) is 73.4 Å². The molecule has 7 heteroatoms. The fourth-order valence-corrected chi connectivity index (χ4v) is 3.25. The first kappa shape index (κ1) is 17.2. The summed E-state index contributed by atoms with van der Waals surface area (Å²) in [4.78, 5) is 12.7. The predicted octanol–water partition coefficient (Wildman–Crippen LogP) is 2.30. The van der Waals surface area contributed by atoms with Gasteiger partial charge in [-0.05, 0) is 30.3 Å². The summed E-state index contributed by atoms with van der Waals surface area (Å²) in [6.45, 7) is 1.88. The molecule has 0 aliphatic heterocycles. The molecule has 0 aliphatic rings. The predicted molar refractivity (Wildman–Crippen MR) is 103 cm³/mol. The van der Waals surface area contributed by atoms with Gasteiger partial charge >= 0.3 is 0 Å². The summed E-state index contributed by atoms with van der Waals surface area (Å²) in [6.07, 6.45) is 4.53. The third-order valence-electron chi connectivity index (χ3n) is 4.61. The standard InChI is InChI=1S/C20H21N5O2/c1-27-14-13-24-12-9-15-16(5-4-6-17(15)24)20(26)21-10-8-19-23-22-18-7-2-3-11-25(18)19/h2-7,9,11-12H,8,10,13-14H2,1H3,(H,21,26). The molecule has 0 fully saturated rings. The highest BCUT2D eigenvalue weighted by molar-refractivity contribution is 6.06. The number of nitrogens with one attached hydrogen (secondary N) is 1. The third kappa shape index (κ3) is 3.41. The van der Waals surface area contributed by atoms with Crippen LogP contribution in [0.5, 0.6) is 0 Å². The number of carbonyl (C=O) groups is 1. The van der Waals surface area contributed by atoms with E-state index >= 15 is 0 Å². The number of hydrogen-bond donors (Lipinski definition) is 1. The molecule has 0 saturated carbocycles. The van der Waals surface area contributed by atoms with E-state index in [9.17, 15) is 4.79 Å². The van der Waals surface area contributed by atoms with Gasteiger partial charge in [0.1, 0.15) is 5.82 Å². The van der Waals surface area contributed by atoms with Gasteiger partial charge in [0.15, 0.2) is 5.65 Å². The van der Waals surface area contributed by atoms with Crippen LogP contribution in [0.1, 0.15) is 16.2 Å². The molecule has 1 aromatic carbocycles. The summed E-state index contributed by atoms with van der Waals surface area (Å²) in [5.74, 6) is 0.744. The fourth-order valence-electron chi connectivity index (χ4n) is 3.25. The van der Waals surface area contributed by atoms with Crippen LogP contribution < -0.4 is 5.32 Å². The van der Waals surface area contributed by atoms with Crippen molar-refractivity contribution in [3.63, 3.8) is 0 Å².